The predicted molar refractivity (Wildman–Crippen MR) is 77.4 cm³/mol. The number of ether oxygens (including phenoxy) is 1. The van der Waals surface area contributed by atoms with E-state index in [1.165, 1.54) is 12.8 Å². The van der Waals surface area contributed by atoms with Crippen molar-refractivity contribution in [2.24, 2.45) is 5.41 Å². The molecule has 1 aromatic carbocycles. The molecule has 1 aliphatic rings. The summed E-state index contributed by atoms with van der Waals surface area (Å²) in [6, 6.07) is 7.70. The molecule has 0 aliphatic carbocycles. The van der Waals surface area contributed by atoms with Gasteiger partial charge >= 0.3 is 0 Å². The minimum Gasteiger partial charge on any atom is -0.497 e. The summed E-state index contributed by atoms with van der Waals surface area (Å²) in [7, 11) is 1.65. The van der Waals surface area contributed by atoms with E-state index in [0.717, 1.165) is 24.4 Å². The molecular weight excluding hydrogens is 238 g/mol. The first-order valence-corrected chi connectivity index (χ1v) is 7.04. The van der Waals surface area contributed by atoms with Gasteiger partial charge in [-0.25, -0.2) is 0 Å². The van der Waals surface area contributed by atoms with Crippen molar-refractivity contribution in [3.8, 4) is 5.75 Å². The number of aliphatic hydroxyl groups is 1. The van der Waals surface area contributed by atoms with Crippen LogP contribution in [0.2, 0.25) is 0 Å². The van der Waals surface area contributed by atoms with Crippen molar-refractivity contribution < 1.29 is 9.84 Å². The van der Waals surface area contributed by atoms with Gasteiger partial charge in [0.25, 0.3) is 0 Å². The van der Waals surface area contributed by atoms with Crippen molar-refractivity contribution in [3.05, 3.63) is 29.8 Å². The lowest BCUT2D eigenvalue weighted by Crippen LogP contribution is -2.39. The zero-order chi connectivity index (χ0) is 13.9. The molecule has 0 spiro atoms. The maximum Gasteiger partial charge on any atom is 0.119 e. The summed E-state index contributed by atoms with van der Waals surface area (Å²) in [5.41, 5.74) is 1.39. The van der Waals surface area contributed by atoms with Crippen LogP contribution in [0.15, 0.2) is 24.3 Å². The van der Waals surface area contributed by atoms with E-state index in [1.54, 1.807) is 7.11 Å². The molecule has 19 heavy (non-hydrogen) atoms. The Morgan fingerprint density at radius 1 is 1.32 bits per heavy atom. The van der Waals surface area contributed by atoms with E-state index < -0.39 is 6.10 Å². The quantitative estimate of drug-likeness (QED) is 0.906. The van der Waals surface area contributed by atoms with Gasteiger partial charge < -0.3 is 14.7 Å². The van der Waals surface area contributed by atoms with E-state index in [1.807, 2.05) is 24.3 Å². The van der Waals surface area contributed by atoms with Crippen LogP contribution in [0.3, 0.4) is 0 Å². The Morgan fingerprint density at radius 2 is 2.00 bits per heavy atom. The molecule has 1 atom stereocenters. The lowest BCUT2D eigenvalue weighted by atomic mass is 9.82. The van der Waals surface area contributed by atoms with Gasteiger partial charge in [-0.1, -0.05) is 26.0 Å². The summed E-state index contributed by atoms with van der Waals surface area (Å²) in [5.74, 6) is 0.802. The van der Waals surface area contributed by atoms with E-state index >= 15 is 0 Å². The number of nitrogens with zero attached hydrogens (tertiary/aromatic N) is 1. The second kappa shape index (κ2) is 5.93. The highest BCUT2D eigenvalue weighted by molar-refractivity contribution is 5.29. The zero-order valence-electron chi connectivity index (χ0n) is 12.2. The third-order valence-corrected chi connectivity index (χ3v) is 4.12. The van der Waals surface area contributed by atoms with Crippen LogP contribution < -0.4 is 4.74 Å². The Labute approximate surface area is 116 Å². The highest BCUT2D eigenvalue weighted by Crippen LogP contribution is 2.30. The van der Waals surface area contributed by atoms with Gasteiger partial charge in [-0.2, -0.15) is 0 Å². The average molecular weight is 263 g/mol. The number of benzene rings is 1. The lowest BCUT2D eigenvalue weighted by Gasteiger charge is -2.37. The van der Waals surface area contributed by atoms with E-state index in [2.05, 4.69) is 18.7 Å². The molecule has 1 heterocycles. The topological polar surface area (TPSA) is 32.7 Å². The molecule has 1 N–H and O–H groups in total. The molecule has 106 valence electrons. The van der Waals surface area contributed by atoms with Crippen LogP contribution in [0.1, 0.15) is 38.4 Å². The van der Waals surface area contributed by atoms with E-state index in [0.29, 0.717) is 12.0 Å². The molecule has 1 fully saturated rings. The maximum absolute atomic E-state index is 10.3. The molecule has 0 bridgehead atoms. The fourth-order valence-corrected chi connectivity index (χ4v) is 2.54. The first-order valence-electron chi connectivity index (χ1n) is 7.04. The van der Waals surface area contributed by atoms with Crippen LogP contribution in [-0.4, -0.2) is 36.8 Å². The molecular formula is C16H25NO2. The number of likely N-dealkylation sites (tertiary alicyclic amines) is 1. The minimum atomic E-state index is -0.434. The Morgan fingerprint density at radius 3 is 2.63 bits per heavy atom. The van der Waals surface area contributed by atoms with Crippen molar-refractivity contribution in [2.75, 3.05) is 26.7 Å². The largest absolute Gasteiger partial charge is 0.497 e. The molecule has 0 aromatic heterocycles. The maximum atomic E-state index is 10.3. The van der Waals surface area contributed by atoms with Gasteiger partial charge in [0.1, 0.15) is 5.75 Å². The molecule has 3 heteroatoms. The van der Waals surface area contributed by atoms with Crippen molar-refractivity contribution in [3.63, 3.8) is 0 Å². The Bertz CT molecular complexity index is 407. The third kappa shape index (κ3) is 3.95. The van der Waals surface area contributed by atoms with Crippen molar-refractivity contribution >= 4 is 0 Å². The molecule has 0 radical (unpaired) electrons. The summed E-state index contributed by atoms with van der Waals surface area (Å²) in [6.07, 6.45) is 1.98. The van der Waals surface area contributed by atoms with Crippen LogP contribution in [0, 0.1) is 5.41 Å². The minimum absolute atomic E-state index is 0.434. The monoisotopic (exact) mass is 263 g/mol. The lowest BCUT2D eigenvalue weighted by molar-refractivity contribution is 0.0702. The molecule has 0 saturated carbocycles. The number of hydrogen-bond donors (Lipinski definition) is 1. The van der Waals surface area contributed by atoms with Crippen LogP contribution in [0.5, 0.6) is 5.75 Å². The summed E-state index contributed by atoms with van der Waals surface area (Å²) < 4.78 is 5.20. The molecule has 3 nitrogen and oxygen atoms in total. The SMILES string of the molecule is COc1cccc(C(O)CN2CCC(C)(C)CC2)c1. The van der Waals surface area contributed by atoms with Crippen molar-refractivity contribution in [1.82, 2.24) is 4.90 Å². The number of β-amino-alcohol motifs (C(OH)–C–C–N with tert-alkyl or cyclic N) is 1. The highest BCUT2D eigenvalue weighted by Gasteiger charge is 2.26. The third-order valence-electron chi connectivity index (χ3n) is 4.12. The summed E-state index contributed by atoms with van der Waals surface area (Å²) in [5, 5.41) is 10.3. The van der Waals surface area contributed by atoms with Gasteiger partial charge in [-0.3, -0.25) is 0 Å². The standard InChI is InChI=1S/C16H25NO2/c1-16(2)7-9-17(10-8-16)12-15(18)13-5-4-6-14(11-13)19-3/h4-6,11,15,18H,7-10,12H2,1-3H3. The Kier molecular flexibility index (Phi) is 4.48. The molecule has 1 aromatic rings. The zero-order valence-corrected chi connectivity index (χ0v) is 12.2. The second-order valence-corrected chi connectivity index (χ2v) is 6.26. The molecule has 1 saturated heterocycles. The Balaban J connectivity index is 1.92. The number of hydrogen-bond acceptors (Lipinski definition) is 3. The van der Waals surface area contributed by atoms with E-state index in [-0.39, 0.29) is 0 Å². The summed E-state index contributed by atoms with van der Waals surface area (Å²) in [6.45, 7) is 7.51. The normalized spacial score (nSPS) is 21.1. The highest BCUT2D eigenvalue weighted by atomic mass is 16.5. The van der Waals surface area contributed by atoms with Crippen LogP contribution in [0.25, 0.3) is 0 Å². The molecule has 1 unspecified atom stereocenters. The summed E-state index contributed by atoms with van der Waals surface area (Å²) >= 11 is 0. The molecule has 1 aliphatic heterocycles. The van der Waals surface area contributed by atoms with Gasteiger partial charge in [0.2, 0.25) is 0 Å². The summed E-state index contributed by atoms with van der Waals surface area (Å²) in [4.78, 5) is 2.36. The van der Waals surface area contributed by atoms with Crippen LogP contribution in [0.4, 0.5) is 0 Å². The smallest absolute Gasteiger partial charge is 0.119 e. The van der Waals surface area contributed by atoms with E-state index in [9.17, 15) is 5.11 Å². The fourth-order valence-electron chi connectivity index (χ4n) is 2.54. The van der Waals surface area contributed by atoms with Gasteiger partial charge in [0.05, 0.1) is 13.2 Å². The fraction of sp³-hybridized carbons (Fsp3) is 0.625. The molecule has 0 amide bonds. The Hall–Kier alpha value is -1.06. The first-order chi connectivity index (χ1) is 9.00. The van der Waals surface area contributed by atoms with Gasteiger partial charge in [0.15, 0.2) is 0 Å². The number of rotatable bonds is 4. The van der Waals surface area contributed by atoms with Gasteiger partial charge in [-0.05, 0) is 49.0 Å². The number of piperidine rings is 1. The van der Waals surface area contributed by atoms with Crippen LogP contribution in [-0.2, 0) is 0 Å². The first kappa shape index (κ1) is 14.4. The molecule has 2 rings (SSSR count). The van der Waals surface area contributed by atoms with Crippen molar-refractivity contribution in [1.29, 1.82) is 0 Å². The average Bonchev–Trinajstić information content (AvgIpc) is 2.41. The van der Waals surface area contributed by atoms with Gasteiger partial charge in [-0.15, -0.1) is 0 Å². The van der Waals surface area contributed by atoms with Crippen molar-refractivity contribution in [2.45, 2.75) is 32.8 Å². The second-order valence-electron chi connectivity index (χ2n) is 6.26. The number of methoxy groups -OCH3 is 1. The number of aliphatic hydroxyl groups excluding tert-OH is 1. The van der Waals surface area contributed by atoms with Gasteiger partial charge in [0, 0.05) is 6.54 Å². The van der Waals surface area contributed by atoms with Crippen LogP contribution >= 0.6 is 0 Å². The van der Waals surface area contributed by atoms with E-state index in [4.69, 9.17) is 4.74 Å². The predicted octanol–water partition coefficient (Wildman–Crippen LogP) is 2.85.